The first-order chi connectivity index (χ1) is 11.2. The molecule has 1 fully saturated rings. The summed E-state index contributed by atoms with van der Waals surface area (Å²) in [6.07, 6.45) is 6.85. The molecule has 0 aliphatic heterocycles. The van der Waals surface area contributed by atoms with E-state index in [1.807, 2.05) is 0 Å². The molecule has 0 nitrogen and oxygen atoms in total. The van der Waals surface area contributed by atoms with Crippen molar-refractivity contribution in [3.8, 4) is 11.8 Å². The van der Waals surface area contributed by atoms with Crippen molar-refractivity contribution in [1.82, 2.24) is 0 Å². The SMILES string of the molecule is Cc1ccc(C#Cc2ccc(CC3CCC(C)CC3)cc2)cc1. The second kappa shape index (κ2) is 7.51. The maximum Gasteiger partial charge on any atom is 0.0249 e. The molecule has 0 bridgehead atoms. The third-order valence-electron chi connectivity index (χ3n) is 5.02. The minimum Gasteiger partial charge on any atom is -0.0625 e. The summed E-state index contributed by atoms with van der Waals surface area (Å²) in [7, 11) is 0. The third-order valence-corrected chi connectivity index (χ3v) is 5.02. The van der Waals surface area contributed by atoms with Crippen LogP contribution >= 0.6 is 0 Å². The predicted molar refractivity (Wildman–Crippen MR) is 98.4 cm³/mol. The van der Waals surface area contributed by atoms with E-state index in [-0.39, 0.29) is 0 Å². The zero-order valence-corrected chi connectivity index (χ0v) is 14.3. The van der Waals surface area contributed by atoms with Crippen LogP contribution in [0.5, 0.6) is 0 Å². The highest BCUT2D eigenvalue weighted by Gasteiger charge is 2.18. The third kappa shape index (κ3) is 4.73. The molecule has 0 unspecified atom stereocenters. The van der Waals surface area contributed by atoms with Gasteiger partial charge in [0, 0.05) is 11.1 Å². The summed E-state index contributed by atoms with van der Waals surface area (Å²) in [5, 5.41) is 0. The monoisotopic (exact) mass is 302 g/mol. The Labute approximate surface area is 140 Å². The van der Waals surface area contributed by atoms with Gasteiger partial charge in [0.25, 0.3) is 0 Å². The first-order valence-corrected chi connectivity index (χ1v) is 8.86. The van der Waals surface area contributed by atoms with Gasteiger partial charge in [-0.15, -0.1) is 0 Å². The van der Waals surface area contributed by atoms with E-state index in [2.05, 4.69) is 74.2 Å². The van der Waals surface area contributed by atoms with Crippen molar-refractivity contribution in [2.24, 2.45) is 11.8 Å². The van der Waals surface area contributed by atoms with Crippen LogP contribution in [0.1, 0.15) is 54.9 Å². The molecule has 2 aromatic rings. The second-order valence-electron chi connectivity index (χ2n) is 7.14. The van der Waals surface area contributed by atoms with Crippen LogP contribution in [0.3, 0.4) is 0 Å². The van der Waals surface area contributed by atoms with Gasteiger partial charge < -0.3 is 0 Å². The molecule has 3 rings (SSSR count). The van der Waals surface area contributed by atoms with Gasteiger partial charge in [0.15, 0.2) is 0 Å². The minimum atomic E-state index is 0.885. The van der Waals surface area contributed by atoms with E-state index in [9.17, 15) is 0 Å². The molecule has 0 amide bonds. The lowest BCUT2D eigenvalue weighted by Gasteiger charge is -2.26. The van der Waals surface area contributed by atoms with E-state index in [1.54, 1.807) is 0 Å². The molecule has 1 saturated carbocycles. The number of aryl methyl sites for hydroxylation is 1. The Bertz CT molecular complexity index is 672. The Morgan fingerprint density at radius 1 is 0.783 bits per heavy atom. The van der Waals surface area contributed by atoms with Gasteiger partial charge in [-0.25, -0.2) is 0 Å². The Kier molecular flexibility index (Phi) is 5.19. The fourth-order valence-electron chi connectivity index (χ4n) is 3.37. The first kappa shape index (κ1) is 15.9. The highest BCUT2D eigenvalue weighted by Crippen LogP contribution is 2.30. The summed E-state index contributed by atoms with van der Waals surface area (Å²) in [6, 6.07) is 17.2. The average molecular weight is 302 g/mol. The van der Waals surface area contributed by atoms with Crippen molar-refractivity contribution in [1.29, 1.82) is 0 Å². The molecule has 0 aromatic heterocycles. The topological polar surface area (TPSA) is 0 Å². The zero-order valence-electron chi connectivity index (χ0n) is 14.3. The molecule has 23 heavy (non-hydrogen) atoms. The maximum atomic E-state index is 3.27. The van der Waals surface area contributed by atoms with Crippen LogP contribution in [0.2, 0.25) is 0 Å². The van der Waals surface area contributed by atoms with Crippen molar-refractivity contribution in [3.63, 3.8) is 0 Å². The standard InChI is InChI=1S/C23H26/c1-18-3-7-20(8-4-18)11-12-21-13-15-23(16-14-21)17-22-9-5-19(2)6-10-22/h3-4,7-8,13-16,19,22H,5-6,9-10,17H2,1-2H3. The summed E-state index contributed by atoms with van der Waals surface area (Å²) < 4.78 is 0. The van der Waals surface area contributed by atoms with Crippen LogP contribution in [-0.4, -0.2) is 0 Å². The van der Waals surface area contributed by atoms with E-state index in [0.29, 0.717) is 0 Å². The lowest BCUT2D eigenvalue weighted by molar-refractivity contribution is 0.289. The van der Waals surface area contributed by atoms with Gasteiger partial charge in [0.2, 0.25) is 0 Å². The van der Waals surface area contributed by atoms with Crippen LogP contribution in [0.15, 0.2) is 48.5 Å². The molecule has 1 aliphatic carbocycles. The lowest BCUT2D eigenvalue weighted by Crippen LogP contribution is -2.14. The van der Waals surface area contributed by atoms with E-state index >= 15 is 0 Å². The molecule has 0 heteroatoms. The van der Waals surface area contributed by atoms with E-state index in [1.165, 1.54) is 43.2 Å². The molecule has 0 spiro atoms. The molecule has 0 saturated heterocycles. The molecule has 1 aliphatic rings. The Morgan fingerprint density at radius 2 is 1.30 bits per heavy atom. The maximum absolute atomic E-state index is 3.27. The fraction of sp³-hybridized carbons (Fsp3) is 0.391. The van der Waals surface area contributed by atoms with Crippen LogP contribution in [-0.2, 0) is 6.42 Å². The summed E-state index contributed by atoms with van der Waals surface area (Å²) in [6.45, 7) is 4.49. The summed E-state index contributed by atoms with van der Waals surface area (Å²) >= 11 is 0. The van der Waals surface area contributed by atoms with Gasteiger partial charge in [-0.2, -0.15) is 0 Å². The molecule has 0 N–H and O–H groups in total. The number of hydrogen-bond donors (Lipinski definition) is 0. The quantitative estimate of drug-likeness (QED) is 0.618. The molecular weight excluding hydrogens is 276 g/mol. The highest BCUT2D eigenvalue weighted by atomic mass is 14.2. The van der Waals surface area contributed by atoms with Gasteiger partial charge in [-0.1, -0.05) is 61.4 Å². The minimum absolute atomic E-state index is 0.885. The molecule has 0 heterocycles. The number of benzene rings is 2. The molecule has 0 radical (unpaired) electrons. The number of hydrogen-bond acceptors (Lipinski definition) is 0. The van der Waals surface area contributed by atoms with E-state index < -0.39 is 0 Å². The van der Waals surface area contributed by atoms with Crippen molar-refractivity contribution in [2.45, 2.75) is 46.0 Å². The average Bonchev–Trinajstić information content (AvgIpc) is 2.58. The van der Waals surface area contributed by atoms with Gasteiger partial charge in [0.1, 0.15) is 0 Å². The zero-order chi connectivity index (χ0) is 16.1. The highest BCUT2D eigenvalue weighted by molar-refractivity contribution is 5.43. The van der Waals surface area contributed by atoms with Gasteiger partial charge in [-0.3, -0.25) is 0 Å². The van der Waals surface area contributed by atoms with Gasteiger partial charge >= 0.3 is 0 Å². The molecule has 0 atom stereocenters. The number of rotatable bonds is 2. The van der Waals surface area contributed by atoms with Crippen LogP contribution in [0.25, 0.3) is 0 Å². The van der Waals surface area contributed by atoms with Crippen LogP contribution in [0, 0.1) is 30.6 Å². The Morgan fingerprint density at radius 3 is 1.87 bits per heavy atom. The van der Waals surface area contributed by atoms with E-state index in [4.69, 9.17) is 0 Å². The van der Waals surface area contributed by atoms with Crippen LogP contribution < -0.4 is 0 Å². The normalized spacial score (nSPS) is 20.6. The Hall–Kier alpha value is -2.00. The summed E-state index contributed by atoms with van der Waals surface area (Å²) in [5.41, 5.74) is 4.92. The fourth-order valence-corrected chi connectivity index (χ4v) is 3.37. The lowest BCUT2D eigenvalue weighted by atomic mass is 9.80. The van der Waals surface area contributed by atoms with Crippen molar-refractivity contribution < 1.29 is 0 Å². The molecule has 2 aromatic carbocycles. The van der Waals surface area contributed by atoms with Gasteiger partial charge in [0.05, 0.1) is 0 Å². The molecular formula is C23H26. The van der Waals surface area contributed by atoms with Crippen LogP contribution in [0.4, 0.5) is 0 Å². The summed E-state index contributed by atoms with van der Waals surface area (Å²) in [4.78, 5) is 0. The molecule has 118 valence electrons. The second-order valence-corrected chi connectivity index (χ2v) is 7.14. The smallest absolute Gasteiger partial charge is 0.0249 e. The first-order valence-electron chi connectivity index (χ1n) is 8.86. The van der Waals surface area contributed by atoms with Gasteiger partial charge in [-0.05, 0) is 67.9 Å². The Balaban J connectivity index is 1.60. The largest absolute Gasteiger partial charge is 0.0625 e. The van der Waals surface area contributed by atoms with E-state index in [0.717, 1.165) is 23.0 Å². The van der Waals surface area contributed by atoms with Crippen molar-refractivity contribution >= 4 is 0 Å². The summed E-state index contributed by atoms with van der Waals surface area (Å²) in [5.74, 6) is 8.33. The predicted octanol–water partition coefficient (Wildman–Crippen LogP) is 5.76. The van der Waals surface area contributed by atoms with Crippen molar-refractivity contribution in [2.75, 3.05) is 0 Å². The van der Waals surface area contributed by atoms with Crippen molar-refractivity contribution in [3.05, 3.63) is 70.8 Å².